The number of carbonyl (C=O) groups is 6. The van der Waals surface area contributed by atoms with Crippen LogP contribution < -0.4 is 16.4 Å². The molecule has 3 aliphatic heterocycles. The SMILES string of the molecule is CCOC(=O)[C@H](CCc1ccccc1)N[C@H]1CCCN2CCC[C@@H](C(=O)O)N2C1=O.NCCCC[C@H](N[C@@H](CCc1ccccc1)C(=O)O)C(=O)N1CCC[C@H]1C(=O)O.O. The highest BCUT2D eigenvalue weighted by Gasteiger charge is 2.43. The summed E-state index contributed by atoms with van der Waals surface area (Å²) in [6.07, 6.45) is 7.44. The Kier molecular flexibility index (Phi) is 21.1. The Morgan fingerprint density at radius 2 is 1.30 bits per heavy atom. The summed E-state index contributed by atoms with van der Waals surface area (Å²) in [5.41, 5.74) is 7.68. The van der Waals surface area contributed by atoms with Gasteiger partial charge in [-0.2, -0.15) is 0 Å². The molecule has 17 nitrogen and oxygen atoms in total. The fraction of sp³-hybridized carbons (Fsp3) is 0.581. The Morgan fingerprint density at radius 3 is 1.85 bits per heavy atom. The first-order valence-corrected chi connectivity index (χ1v) is 21.0. The van der Waals surface area contributed by atoms with Crippen molar-refractivity contribution in [2.75, 3.05) is 32.8 Å². The lowest BCUT2D eigenvalue weighted by Crippen LogP contribution is -2.61. The van der Waals surface area contributed by atoms with Gasteiger partial charge in [0.15, 0.2) is 0 Å². The van der Waals surface area contributed by atoms with E-state index in [1.54, 1.807) is 6.92 Å². The van der Waals surface area contributed by atoms with Gasteiger partial charge in [-0.05, 0) is 102 Å². The Hall–Kier alpha value is -4.94. The number of unbranched alkanes of at least 4 members (excludes halogenated alkanes) is 1. The number of nitrogens with two attached hydrogens (primary N) is 1. The van der Waals surface area contributed by atoms with E-state index in [1.165, 1.54) is 9.91 Å². The van der Waals surface area contributed by atoms with Crippen molar-refractivity contribution < 1.29 is 54.3 Å². The molecule has 332 valence electrons. The first kappa shape index (κ1) is 49.4. The smallest absolute Gasteiger partial charge is 0.328 e. The molecule has 9 N–H and O–H groups in total. The third-order valence-electron chi connectivity index (χ3n) is 11.1. The second-order valence-electron chi connectivity index (χ2n) is 15.3. The number of amides is 2. The first-order valence-electron chi connectivity index (χ1n) is 21.0. The maximum Gasteiger partial charge on any atom is 0.328 e. The van der Waals surface area contributed by atoms with Crippen LogP contribution in [-0.2, 0) is 46.3 Å². The van der Waals surface area contributed by atoms with Crippen LogP contribution in [0.25, 0.3) is 0 Å². The number of ether oxygens (including phenoxy) is 1. The van der Waals surface area contributed by atoms with Gasteiger partial charge in [0.25, 0.3) is 5.91 Å². The van der Waals surface area contributed by atoms with Crippen molar-refractivity contribution in [2.24, 2.45) is 5.73 Å². The summed E-state index contributed by atoms with van der Waals surface area (Å²) in [5, 5.41) is 38.1. The van der Waals surface area contributed by atoms with Gasteiger partial charge in [0, 0.05) is 19.6 Å². The van der Waals surface area contributed by atoms with Crippen LogP contribution in [0.3, 0.4) is 0 Å². The number of hydrogen-bond acceptors (Lipinski definition) is 11. The number of likely N-dealkylation sites (tertiary alicyclic amines) is 1. The molecule has 60 heavy (non-hydrogen) atoms. The largest absolute Gasteiger partial charge is 0.480 e. The van der Waals surface area contributed by atoms with Gasteiger partial charge in [-0.15, -0.1) is 0 Å². The fourth-order valence-corrected chi connectivity index (χ4v) is 8.00. The number of aryl methyl sites for hydroxylation is 2. The molecular formula is C43H64N6O11. The van der Waals surface area contributed by atoms with Crippen molar-refractivity contribution in [3.63, 3.8) is 0 Å². The number of nitrogens with one attached hydrogen (secondary N) is 2. The van der Waals surface area contributed by atoms with E-state index in [-0.39, 0.29) is 29.9 Å². The molecule has 3 aliphatic rings. The van der Waals surface area contributed by atoms with E-state index >= 15 is 0 Å². The van der Waals surface area contributed by atoms with Gasteiger partial charge in [-0.1, -0.05) is 67.1 Å². The van der Waals surface area contributed by atoms with Gasteiger partial charge in [0.05, 0.1) is 18.7 Å². The van der Waals surface area contributed by atoms with E-state index in [9.17, 15) is 44.1 Å². The molecule has 3 heterocycles. The lowest BCUT2D eigenvalue weighted by molar-refractivity contribution is -0.174. The fourth-order valence-electron chi connectivity index (χ4n) is 8.00. The molecule has 0 unspecified atom stereocenters. The molecule has 2 amide bonds. The van der Waals surface area contributed by atoms with Crippen molar-refractivity contribution in [2.45, 2.75) is 127 Å². The predicted octanol–water partition coefficient (Wildman–Crippen LogP) is 2.01. The van der Waals surface area contributed by atoms with Crippen LogP contribution >= 0.6 is 0 Å². The molecule has 0 spiro atoms. The summed E-state index contributed by atoms with van der Waals surface area (Å²) in [6, 6.07) is 14.9. The second kappa shape index (κ2) is 25.6. The highest BCUT2D eigenvalue weighted by molar-refractivity contribution is 5.89. The Labute approximate surface area is 351 Å². The van der Waals surface area contributed by atoms with Crippen LogP contribution in [0.15, 0.2) is 60.7 Å². The molecule has 0 aliphatic carbocycles. The van der Waals surface area contributed by atoms with Crippen LogP contribution in [0.2, 0.25) is 0 Å². The lowest BCUT2D eigenvalue weighted by Gasteiger charge is -2.42. The molecule has 6 atom stereocenters. The third-order valence-corrected chi connectivity index (χ3v) is 11.1. The molecule has 0 radical (unpaired) electrons. The van der Waals surface area contributed by atoms with Gasteiger partial charge in [0.2, 0.25) is 5.91 Å². The zero-order valence-corrected chi connectivity index (χ0v) is 34.6. The van der Waals surface area contributed by atoms with E-state index in [0.29, 0.717) is 90.4 Å². The number of rotatable bonds is 20. The van der Waals surface area contributed by atoms with Crippen molar-refractivity contribution in [1.29, 1.82) is 0 Å². The monoisotopic (exact) mass is 840 g/mol. The Bertz CT molecular complexity index is 1670. The summed E-state index contributed by atoms with van der Waals surface area (Å²) in [7, 11) is 0. The highest BCUT2D eigenvalue weighted by atomic mass is 16.5. The maximum atomic E-state index is 13.3. The number of benzene rings is 2. The van der Waals surface area contributed by atoms with Crippen LogP contribution in [0.5, 0.6) is 0 Å². The molecule has 0 saturated carbocycles. The van der Waals surface area contributed by atoms with E-state index in [0.717, 1.165) is 30.4 Å². The van der Waals surface area contributed by atoms with Crippen molar-refractivity contribution in [3.8, 4) is 0 Å². The standard InChI is InChI=1S/C22H31N3O5.C21H31N3O5.H2O/c1-2-30-22(29)18(13-12-16-8-4-3-5-9-16)23-17-10-6-14-24-15-7-11-19(21(27)28)25(24)20(17)26;22-13-5-4-9-16(19(25)24-14-6-10-18(24)21(28)29)23-17(20(26)27)12-11-15-7-2-1-3-8-15;/h3-5,8-9,17-19,23H,2,6-7,10-15H2,1H3,(H,27,28);1-3,7-8,16-18,23H,4-6,9-14,22H2,(H,26,27)(H,28,29);1H2/t17-,18-,19-;16-,17-,18-;/m00./s1. The number of carbonyl (C=O) groups excluding carboxylic acids is 3. The molecule has 2 aromatic rings. The second-order valence-corrected chi connectivity index (χ2v) is 15.3. The average Bonchev–Trinajstić information content (AvgIpc) is 3.68. The van der Waals surface area contributed by atoms with E-state index in [2.05, 4.69) is 10.6 Å². The number of aliphatic carboxylic acids is 3. The topological polar surface area (TPSA) is 264 Å². The molecule has 0 aromatic heterocycles. The minimum atomic E-state index is -1.02. The van der Waals surface area contributed by atoms with Crippen molar-refractivity contribution in [3.05, 3.63) is 71.8 Å². The number of nitrogens with zero attached hydrogens (tertiary/aromatic N) is 3. The van der Waals surface area contributed by atoms with E-state index in [1.807, 2.05) is 65.7 Å². The van der Waals surface area contributed by atoms with Crippen LogP contribution in [-0.4, -0.2) is 140 Å². The average molecular weight is 841 g/mol. The number of esters is 1. The summed E-state index contributed by atoms with van der Waals surface area (Å²) in [5.74, 6) is -4.01. The molecule has 2 aromatic carbocycles. The number of carboxylic acids is 3. The number of fused-ring (bicyclic) bond motifs is 1. The van der Waals surface area contributed by atoms with Crippen LogP contribution in [0.4, 0.5) is 0 Å². The first-order chi connectivity index (χ1) is 28.4. The number of carboxylic acid groups (broad SMARTS) is 3. The summed E-state index contributed by atoms with van der Waals surface area (Å²) in [4.78, 5) is 75.3. The number of hydrazine groups is 1. The Morgan fingerprint density at radius 1 is 0.750 bits per heavy atom. The van der Waals surface area contributed by atoms with Crippen LogP contribution in [0, 0.1) is 0 Å². The lowest BCUT2D eigenvalue weighted by atomic mass is 10.0. The normalized spacial score (nSPS) is 20.6. The van der Waals surface area contributed by atoms with Crippen LogP contribution in [0.1, 0.15) is 88.7 Å². The molecule has 3 saturated heterocycles. The molecule has 3 fully saturated rings. The van der Waals surface area contributed by atoms with Crippen molar-refractivity contribution in [1.82, 2.24) is 25.6 Å². The third kappa shape index (κ3) is 14.7. The highest BCUT2D eigenvalue weighted by Crippen LogP contribution is 2.25. The van der Waals surface area contributed by atoms with Crippen molar-refractivity contribution >= 4 is 35.7 Å². The maximum absolute atomic E-state index is 13.3. The quantitative estimate of drug-likeness (QED) is 0.0824. The zero-order valence-electron chi connectivity index (χ0n) is 34.6. The molecule has 17 heteroatoms. The molecule has 5 rings (SSSR count). The number of hydrogen-bond donors (Lipinski definition) is 6. The molecule has 0 bridgehead atoms. The van der Waals surface area contributed by atoms with E-state index in [4.69, 9.17) is 10.5 Å². The Balaban J connectivity index is 0.000000315. The summed E-state index contributed by atoms with van der Waals surface area (Å²) >= 11 is 0. The van der Waals surface area contributed by atoms with Gasteiger partial charge in [-0.3, -0.25) is 34.8 Å². The zero-order chi connectivity index (χ0) is 42.7. The van der Waals surface area contributed by atoms with Gasteiger partial charge in [0.1, 0.15) is 24.2 Å². The minimum absolute atomic E-state index is 0. The molecular weight excluding hydrogens is 777 g/mol. The van der Waals surface area contributed by atoms with E-state index < -0.39 is 54.2 Å². The predicted molar refractivity (Wildman–Crippen MR) is 222 cm³/mol. The minimum Gasteiger partial charge on any atom is -0.480 e. The van der Waals surface area contributed by atoms with Gasteiger partial charge >= 0.3 is 23.9 Å². The summed E-state index contributed by atoms with van der Waals surface area (Å²) < 4.78 is 5.24. The summed E-state index contributed by atoms with van der Waals surface area (Å²) in [6.45, 7) is 4.21. The van der Waals surface area contributed by atoms with Gasteiger partial charge < -0.3 is 36.2 Å². The van der Waals surface area contributed by atoms with Gasteiger partial charge in [-0.25, -0.2) is 14.6 Å².